The average Bonchev–Trinajstić information content (AvgIpc) is 3.20. The SMILES string of the molecule is COCC(=O)NC(C)(C)/C=C/n1ncc(C(=O)N[C@H]2C3CC4CC2C[C@](OC(N)=O)(C4)C3)c1OCC(C)C. The van der Waals surface area contributed by atoms with E-state index in [0.717, 1.165) is 32.1 Å². The van der Waals surface area contributed by atoms with Crippen LogP contribution in [0.15, 0.2) is 12.3 Å². The van der Waals surface area contributed by atoms with Crippen molar-refractivity contribution in [2.75, 3.05) is 20.3 Å². The lowest BCUT2D eigenvalue weighted by Gasteiger charge is -2.58. The Bertz CT molecular complexity index is 1060. The van der Waals surface area contributed by atoms with E-state index in [1.165, 1.54) is 18.0 Å². The third kappa shape index (κ3) is 6.31. The minimum absolute atomic E-state index is 0.00424. The van der Waals surface area contributed by atoms with Crippen LogP contribution in [0.3, 0.4) is 0 Å². The van der Waals surface area contributed by atoms with Gasteiger partial charge in [-0.3, -0.25) is 9.59 Å². The number of nitrogens with zero attached hydrogens (tertiary/aromatic N) is 2. The van der Waals surface area contributed by atoms with Gasteiger partial charge in [0.05, 0.1) is 18.3 Å². The molecule has 11 nitrogen and oxygen atoms in total. The van der Waals surface area contributed by atoms with E-state index < -0.39 is 17.2 Å². The van der Waals surface area contributed by atoms with Crippen LogP contribution in [-0.4, -0.2) is 65.2 Å². The lowest BCUT2D eigenvalue weighted by atomic mass is 9.52. The smallest absolute Gasteiger partial charge is 0.405 e. The summed E-state index contributed by atoms with van der Waals surface area (Å²) in [5, 5.41) is 10.5. The van der Waals surface area contributed by atoms with Crippen LogP contribution in [0.2, 0.25) is 0 Å². The molecule has 4 aliphatic rings. The highest BCUT2D eigenvalue weighted by atomic mass is 16.6. The lowest BCUT2D eigenvalue weighted by Crippen LogP contribution is -2.63. The number of nitrogens with one attached hydrogen (secondary N) is 2. The van der Waals surface area contributed by atoms with Gasteiger partial charge in [-0.15, -0.1) is 0 Å². The van der Waals surface area contributed by atoms with E-state index in [1.807, 2.05) is 27.7 Å². The molecular weight excluding hydrogens is 490 g/mol. The normalized spacial score (nSPS) is 28.1. The second-order valence-corrected chi connectivity index (χ2v) is 12.1. The molecule has 1 aromatic heterocycles. The molecule has 0 aliphatic heterocycles. The summed E-state index contributed by atoms with van der Waals surface area (Å²) in [6.45, 7) is 8.14. The number of primary amides is 1. The molecule has 0 aromatic carbocycles. The van der Waals surface area contributed by atoms with Gasteiger partial charge in [0.2, 0.25) is 11.8 Å². The highest BCUT2D eigenvalue weighted by molar-refractivity contribution is 5.96. The molecule has 5 rings (SSSR count). The molecule has 0 radical (unpaired) electrons. The molecule has 4 aliphatic carbocycles. The third-order valence-corrected chi connectivity index (χ3v) is 7.75. The van der Waals surface area contributed by atoms with Crippen molar-refractivity contribution >= 4 is 24.1 Å². The van der Waals surface area contributed by atoms with Gasteiger partial charge in [0.1, 0.15) is 17.8 Å². The van der Waals surface area contributed by atoms with Gasteiger partial charge in [-0.2, -0.15) is 5.10 Å². The van der Waals surface area contributed by atoms with E-state index in [-0.39, 0.29) is 42.2 Å². The van der Waals surface area contributed by atoms with Gasteiger partial charge >= 0.3 is 6.09 Å². The van der Waals surface area contributed by atoms with Gasteiger partial charge < -0.3 is 30.6 Å². The number of nitrogens with two attached hydrogens (primary N) is 1. The second-order valence-electron chi connectivity index (χ2n) is 12.1. The molecule has 4 saturated carbocycles. The molecule has 210 valence electrons. The topological polar surface area (TPSA) is 147 Å². The van der Waals surface area contributed by atoms with E-state index in [2.05, 4.69) is 15.7 Å². The quantitative estimate of drug-likeness (QED) is 0.398. The fraction of sp³-hybridized carbons (Fsp3) is 0.704. The predicted octanol–water partition coefficient (Wildman–Crippen LogP) is 2.70. The average molecular weight is 532 g/mol. The van der Waals surface area contributed by atoms with E-state index in [9.17, 15) is 14.4 Å². The summed E-state index contributed by atoms with van der Waals surface area (Å²) >= 11 is 0. The Morgan fingerprint density at radius 1 is 1.24 bits per heavy atom. The van der Waals surface area contributed by atoms with Crippen LogP contribution in [0.25, 0.3) is 6.20 Å². The first kappa shape index (κ1) is 27.9. The Labute approximate surface area is 223 Å². The van der Waals surface area contributed by atoms with Crippen LogP contribution >= 0.6 is 0 Å². The zero-order valence-corrected chi connectivity index (χ0v) is 23.0. The highest BCUT2D eigenvalue weighted by Crippen LogP contribution is 2.57. The molecule has 2 unspecified atom stereocenters. The van der Waals surface area contributed by atoms with Crippen molar-refractivity contribution in [3.05, 3.63) is 17.8 Å². The van der Waals surface area contributed by atoms with Crippen LogP contribution in [0.4, 0.5) is 4.79 Å². The van der Waals surface area contributed by atoms with Crippen molar-refractivity contribution in [3.8, 4) is 5.88 Å². The molecule has 1 heterocycles. The molecule has 0 saturated heterocycles. The summed E-state index contributed by atoms with van der Waals surface area (Å²) in [5.74, 6) is 1.08. The number of carbonyl (C=O) groups excluding carboxylic acids is 3. The first-order valence-corrected chi connectivity index (χ1v) is 13.4. The fourth-order valence-corrected chi connectivity index (χ4v) is 6.58. The van der Waals surface area contributed by atoms with Crippen molar-refractivity contribution in [1.82, 2.24) is 20.4 Å². The minimum Gasteiger partial charge on any atom is -0.477 e. The number of hydrogen-bond acceptors (Lipinski definition) is 7. The third-order valence-electron chi connectivity index (χ3n) is 7.75. The molecule has 11 heteroatoms. The second kappa shape index (κ2) is 11.0. The number of hydrogen-bond donors (Lipinski definition) is 3. The van der Waals surface area contributed by atoms with Crippen LogP contribution in [0.5, 0.6) is 5.88 Å². The number of carbonyl (C=O) groups is 3. The summed E-state index contributed by atoms with van der Waals surface area (Å²) in [4.78, 5) is 37.1. The Kier molecular flexibility index (Phi) is 8.06. The zero-order chi connectivity index (χ0) is 27.7. The molecule has 4 fully saturated rings. The van der Waals surface area contributed by atoms with Gasteiger partial charge in [0, 0.05) is 19.4 Å². The van der Waals surface area contributed by atoms with E-state index in [4.69, 9.17) is 19.9 Å². The summed E-state index contributed by atoms with van der Waals surface area (Å²) in [5.41, 5.74) is 4.56. The van der Waals surface area contributed by atoms with Gasteiger partial charge in [-0.1, -0.05) is 13.8 Å². The largest absolute Gasteiger partial charge is 0.477 e. The van der Waals surface area contributed by atoms with Gasteiger partial charge in [-0.25, -0.2) is 9.48 Å². The zero-order valence-electron chi connectivity index (χ0n) is 23.0. The molecule has 4 bridgehead atoms. The van der Waals surface area contributed by atoms with Crippen molar-refractivity contribution in [2.45, 2.75) is 77.0 Å². The van der Waals surface area contributed by atoms with Crippen molar-refractivity contribution in [3.63, 3.8) is 0 Å². The number of amides is 3. The maximum Gasteiger partial charge on any atom is 0.405 e. The minimum atomic E-state index is -0.721. The first-order chi connectivity index (χ1) is 17.9. The monoisotopic (exact) mass is 531 g/mol. The molecule has 4 N–H and O–H groups in total. The van der Waals surface area contributed by atoms with Gasteiger partial charge in [0.15, 0.2) is 0 Å². The molecule has 3 amide bonds. The molecule has 2 atom stereocenters. The maximum atomic E-state index is 13.5. The fourth-order valence-electron chi connectivity index (χ4n) is 6.58. The Balaban J connectivity index is 1.50. The van der Waals surface area contributed by atoms with Crippen molar-refractivity contribution < 1.29 is 28.6 Å². The Morgan fingerprint density at radius 2 is 1.92 bits per heavy atom. The van der Waals surface area contributed by atoms with Crippen LogP contribution in [-0.2, 0) is 14.3 Å². The van der Waals surface area contributed by atoms with E-state index in [0.29, 0.717) is 24.0 Å². The Morgan fingerprint density at radius 3 is 2.53 bits per heavy atom. The van der Waals surface area contributed by atoms with Crippen molar-refractivity contribution in [2.24, 2.45) is 29.4 Å². The summed E-state index contributed by atoms with van der Waals surface area (Å²) in [7, 11) is 1.47. The lowest BCUT2D eigenvalue weighted by molar-refractivity contribution is -0.137. The molecule has 1 aromatic rings. The standard InChI is InChI=1S/C27H41N5O6/c1-16(2)14-37-24-20(13-29-32(24)7-6-26(3,4)31-21(33)15-36-5)23(34)30-22-18-8-17-9-19(22)12-27(10-17,11-18)38-25(28)35/h6-7,13,16-19,22H,8-12,14-15H2,1-5H3,(H2,28,35)(H,30,34)(H,31,33)/b7-6+/t17?,18?,19?,22-,27-. The summed E-state index contributed by atoms with van der Waals surface area (Å²) < 4.78 is 18.1. The Hall–Kier alpha value is -3.08. The first-order valence-electron chi connectivity index (χ1n) is 13.4. The molecular formula is C27H41N5O6. The summed E-state index contributed by atoms with van der Waals surface area (Å²) in [6, 6.07) is -0.00424. The van der Waals surface area contributed by atoms with E-state index >= 15 is 0 Å². The maximum absolute atomic E-state index is 13.5. The number of aromatic nitrogens is 2. The number of ether oxygens (including phenoxy) is 3. The van der Waals surface area contributed by atoms with Gasteiger partial charge in [0.25, 0.3) is 5.91 Å². The summed E-state index contributed by atoms with van der Waals surface area (Å²) in [6.07, 6.45) is 8.58. The number of rotatable bonds is 11. The van der Waals surface area contributed by atoms with E-state index in [1.54, 1.807) is 12.3 Å². The highest BCUT2D eigenvalue weighted by Gasteiger charge is 2.57. The van der Waals surface area contributed by atoms with Crippen LogP contribution in [0.1, 0.15) is 70.2 Å². The van der Waals surface area contributed by atoms with Crippen LogP contribution in [0, 0.1) is 23.7 Å². The molecule has 0 spiro atoms. The van der Waals surface area contributed by atoms with Crippen LogP contribution < -0.4 is 21.1 Å². The van der Waals surface area contributed by atoms with Gasteiger partial charge in [-0.05, 0) is 75.7 Å². The predicted molar refractivity (Wildman–Crippen MR) is 140 cm³/mol. The molecule has 38 heavy (non-hydrogen) atoms. The number of methoxy groups -OCH3 is 1. The van der Waals surface area contributed by atoms with Crippen molar-refractivity contribution in [1.29, 1.82) is 0 Å².